The molecule has 2 nitrogen and oxygen atoms in total. The number of ether oxygens (including phenoxy) is 1. The molecule has 0 saturated heterocycles. The van der Waals surface area contributed by atoms with Crippen molar-refractivity contribution in [3.63, 3.8) is 0 Å². The van der Waals surface area contributed by atoms with Crippen LogP contribution in [0.1, 0.15) is 29.5 Å². The summed E-state index contributed by atoms with van der Waals surface area (Å²) in [4.78, 5) is 0. The topological polar surface area (TPSA) is 35.2 Å². The summed E-state index contributed by atoms with van der Waals surface area (Å²) < 4.78 is 7.15. The van der Waals surface area contributed by atoms with E-state index in [1.807, 2.05) is 19.1 Å². The quantitative estimate of drug-likeness (QED) is 0.886. The number of fused-ring (bicyclic) bond motifs is 1. The second-order valence-electron chi connectivity index (χ2n) is 5.84. The first-order valence-corrected chi connectivity index (χ1v) is 8.17. The van der Waals surface area contributed by atoms with Crippen LogP contribution < -0.4 is 10.5 Å². The van der Waals surface area contributed by atoms with Gasteiger partial charge in [-0.15, -0.1) is 0 Å². The average Bonchev–Trinajstić information content (AvgIpc) is 2.41. The molecule has 2 unspecified atom stereocenters. The van der Waals surface area contributed by atoms with E-state index in [4.69, 9.17) is 10.5 Å². The monoisotopic (exact) mass is 345 g/mol. The maximum absolute atomic E-state index is 6.08. The molecule has 0 fully saturated rings. The molecule has 21 heavy (non-hydrogen) atoms. The molecule has 1 aliphatic rings. The fourth-order valence-electron chi connectivity index (χ4n) is 2.90. The van der Waals surface area contributed by atoms with Gasteiger partial charge in [-0.2, -0.15) is 0 Å². The van der Waals surface area contributed by atoms with E-state index in [1.54, 1.807) is 0 Å². The van der Waals surface area contributed by atoms with Gasteiger partial charge in [0.25, 0.3) is 0 Å². The SMILES string of the molecule is CC(N)Cc1cc(Br)ccc1OCC1Cc2ccccc21. The van der Waals surface area contributed by atoms with Crippen LogP contribution in [0.3, 0.4) is 0 Å². The number of benzene rings is 2. The third-order valence-corrected chi connectivity index (χ3v) is 4.46. The number of hydrogen-bond donors (Lipinski definition) is 1. The van der Waals surface area contributed by atoms with Gasteiger partial charge in [0.15, 0.2) is 0 Å². The van der Waals surface area contributed by atoms with Crippen LogP contribution in [-0.2, 0) is 12.8 Å². The lowest BCUT2D eigenvalue weighted by molar-refractivity contribution is 0.272. The zero-order chi connectivity index (χ0) is 14.8. The summed E-state index contributed by atoms with van der Waals surface area (Å²) in [5, 5.41) is 0. The zero-order valence-electron chi connectivity index (χ0n) is 12.2. The molecule has 0 aromatic heterocycles. The summed E-state index contributed by atoms with van der Waals surface area (Å²) in [5.74, 6) is 1.48. The molecule has 3 heteroatoms. The van der Waals surface area contributed by atoms with Crippen molar-refractivity contribution in [3.8, 4) is 5.75 Å². The minimum atomic E-state index is 0.131. The maximum atomic E-state index is 6.08. The standard InChI is InChI=1S/C18H20BrNO/c1-12(20)8-14-10-16(19)6-7-18(14)21-11-15-9-13-4-2-3-5-17(13)15/h2-7,10,12,15H,8-9,11,20H2,1H3. The third kappa shape index (κ3) is 3.30. The highest BCUT2D eigenvalue weighted by atomic mass is 79.9. The van der Waals surface area contributed by atoms with Gasteiger partial charge in [0.1, 0.15) is 5.75 Å². The first-order valence-electron chi connectivity index (χ1n) is 7.38. The molecule has 110 valence electrons. The van der Waals surface area contributed by atoms with Gasteiger partial charge in [0, 0.05) is 16.4 Å². The van der Waals surface area contributed by atoms with Gasteiger partial charge >= 0.3 is 0 Å². The van der Waals surface area contributed by atoms with Gasteiger partial charge < -0.3 is 10.5 Å². The Balaban J connectivity index is 1.69. The van der Waals surface area contributed by atoms with Crippen molar-refractivity contribution in [2.75, 3.05) is 6.61 Å². The molecular weight excluding hydrogens is 326 g/mol. The fourth-order valence-corrected chi connectivity index (χ4v) is 3.31. The van der Waals surface area contributed by atoms with Crippen LogP contribution in [0.4, 0.5) is 0 Å². The Hall–Kier alpha value is -1.32. The van der Waals surface area contributed by atoms with E-state index in [0.29, 0.717) is 5.92 Å². The Morgan fingerprint density at radius 1 is 1.29 bits per heavy atom. The Labute approximate surface area is 134 Å². The van der Waals surface area contributed by atoms with Crippen LogP contribution in [0.5, 0.6) is 5.75 Å². The first kappa shape index (κ1) is 14.6. The number of nitrogens with two attached hydrogens (primary N) is 1. The first-order chi connectivity index (χ1) is 10.1. The molecule has 0 spiro atoms. The summed E-state index contributed by atoms with van der Waals surface area (Å²) in [6.45, 7) is 2.76. The summed E-state index contributed by atoms with van der Waals surface area (Å²) in [6.07, 6.45) is 1.95. The Morgan fingerprint density at radius 2 is 2.10 bits per heavy atom. The van der Waals surface area contributed by atoms with Gasteiger partial charge in [-0.25, -0.2) is 0 Å². The van der Waals surface area contributed by atoms with E-state index in [9.17, 15) is 0 Å². The molecule has 1 aliphatic carbocycles. The predicted molar refractivity (Wildman–Crippen MR) is 89.9 cm³/mol. The van der Waals surface area contributed by atoms with E-state index >= 15 is 0 Å². The van der Waals surface area contributed by atoms with E-state index in [-0.39, 0.29) is 6.04 Å². The summed E-state index contributed by atoms with van der Waals surface area (Å²) in [7, 11) is 0. The van der Waals surface area contributed by atoms with Crippen molar-refractivity contribution in [1.82, 2.24) is 0 Å². The van der Waals surface area contributed by atoms with E-state index in [1.165, 1.54) is 16.7 Å². The number of halogens is 1. The van der Waals surface area contributed by atoms with Gasteiger partial charge in [-0.05, 0) is 54.7 Å². The van der Waals surface area contributed by atoms with Crippen molar-refractivity contribution in [2.24, 2.45) is 5.73 Å². The third-order valence-electron chi connectivity index (χ3n) is 3.97. The van der Waals surface area contributed by atoms with Gasteiger partial charge in [-0.1, -0.05) is 40.2 Å². The molecule has 0 amide bonds. The second-order valence-corrected chi connectivity index (χ2v) is 6.76. The van der Waals surface area contributed by atoms with Crippen molar-refractivity contribution >= 4 is 15.9 Å². The van der Waals surface area contributed by atoms with Crippen LogP contribution in [0.2, 0.25) is 0 Å². The summed E-state index contributed by atoms with van der Waals surface area (Å²) in [5.41, 5.74) is 9.99. The van der Waals surface area contributed by atoms with Gasteiger partial charge in [0.05, 0.1) is 6.61 Å². The van der Waals surface area contributed by atoms with E-state index in [0.717, 1.165) is 29.7 Å². The Kier molecular flexibility index (Phi) is 4.32. The van der Waals surface area contributed by atoms with Crippen LogP contribution in [-0.4, -0.2) is 12.6 Å². The smallest absolute Gasteiger partial charge is 0.122 e. The normalized spacial score (nSPS) is 17.8. The highest BCUT2D eigenvalue weighted by Gasteiger charge is 2.26. The van der Waals surface area contributed by atoms with E-state index < -0.39 is 0 Å². The molecule has 0 radical (unpaired) electrons. The lowest BCUT2D eigenvalue weighted by atomic mass is 9.78. The lowest BCUT2D eigenvalue weighted by Gasteiger charge is -2.30. The van der Waals surface area contributed by atoms with Gasteiger partial charge in [-0.3, -0.25) is 0 Å². The minimum Gasteiger partial charge on any atom is -0.493 e. The molecule has 2 atom stereocenters. The largest absolute Gasteiger partial charge is 0.493 e. The maximum Gasteiger partial charge on any atom is 0.122 e. The van der Waals surface area contributed by atoms with Crippen LogP contribution >= 0.6 is 15.9 Å². The highest BCUT2D eigenvalue weighted by molar-refractivity contribution is 9.10. The molecule has 0 bridgehead atoms. The molecule has 2 aromatic rings. The van der Waals surface area contributed by atoms with E-state index in [2.05, 4.69) is 46.3 Å². The summed E-state index contributed by atoms with van der Waals surface area (Å²) >= 11 is 3.52. The van der Waals surface area contributed by atoms with Crippen LogP contribution in [0.25, 0.3) is 0 Å². The fraction of sp³-hybridized carbons (Fsp3) is 0.333. The van der Waals surface area contributed by atoms with Crippen molar-refractivity contribution < 1.29 is 4.74 Å². The lowest BCUT2D eigenvalue weighted by Crippen LogP contribution is -2.24. The summed E-state index contributed by atoms with van der Waals surface area (Å²) in [6, 6.07) is 14.9. The molecule has 3 rings (SSSR count). The molecule has 0 heterocycles. The van der Waals surface area contributed by atoms with Crippen molar-refractivity contribution in [3.05, 3.63) is 63.6 Å². The average molecular weight is 346 g/mol. The number of hydrogen-bond acceptors (Lipinski definition) is 2. The molecule has 0 aliphatic heterocycles. The van der Waals surface area contributed by atoms with Crippen LogP contribution in [0.15, 0.2) is 46.9 Å². The highest BCUT2D eigenvalue weighted by Crippen LogP contribution is 2.35. The van der Waals surface area contributed by atoms with Crippen LogP contribution in [0, 0.1) is 0 Å². The molecule has 2 N–H and O–H groups in total. The molecule has 2 aromatic carbocycles. The zero-order valence-corrected chi connectivity index (χ0v) is 13.8. The molecule has 0 saturated carbocycles. The molecular formula is C18H20BrNO. The Morgan fingerprint density at radius 3 is 2.86 bits per heavy atom. The predicted octanol–water partition coefficient (Wildman–Crippen LogP) is 4.06. The van der Waals surface area contributed by atoms with Crippen molar-refractivity contribution in [1.29, 1.82) is 0 Å². The van der Waals surface area contributed by atoms with Crippen molar-refractivity contribution in [2.45, 2.75) is 31.7 Å². The minimum absolute atomic E-state index is 0.131. The Bertz CT molecular complexity index is 639. The van der Waals surface area contributed by atoms with Gasteiger partial charge in [0.2, 0.25) is 0 Å². The number of rotatable bonds is 5. The second kappa shape index (κ2) is 6.20.